The Bertz CT molecular complexity index is 453. The van der Waals surface area contributed by atoms with Crippen molar-refractivity contribution in [2.45, 2.75) is 32.7 Å². The predicted molar refractivity (Wildman–Crippen MR) is 76.5 cm³/mol. The van der Waals surface area contributed by atoms with Gasteiger partial charge in [0.05, 0.1) is 5.92 Å². The Hall–Kier alpha value is -1.06. The van der Waals surface area contributed by atoms with E-state index in [1.165, 1.54) is 11.1 Å². The number of halogens is 1. The smallest absolute Gasteiger partial charge is 0.306 e. The molecule has 0 amide bonds. The van der Waals surface area contributed by atoms with Gasteiger partial charge in [-0.2, -0.15) is 0 Å². The zero-order valence-electron chi connectivity index (χ0n) is 11.2. The number of hydrogen-bond acceptors (Lipinski definition) is 2. The molecule has 2 rings (SSSR count). The number of likely N-dealkylation sites (tertiary alicyclic amines) is 1. The van der Waals surface area contributed by atoms with Gasteiger partial charge in [-0.05, 0) is 49.5 Å². The lowest BCUT2D eigenvalue weighted by molar-refractivity contribution is -0.143. The van der Waals surface area contributed by atoms with Crippen LogP contribution in [0.4, 0.5) is 0 Å². The van der Waals surface area contributed by atoms with Crippen molar-refractivity contribution in [2.24, 2.45) is 5.92 Å². The molecule has 3 nitrogen and oxygen atoms in total. The summed E-state index contributed by atoms with van der Waals surface area (Å²) in [6.07, 6.45) is 2.45. The van der Waals surface area contributed by atoms with Crippen LogP contribution in [-0.4, -0.2) is 29.1 Å². The van der Waals surface area contributed by atoms with Gasteiger partial charge in [-0.25, -0.2) is 0 Å². The lowest BCUT2D eigenvalue weighted by Gasteiger charge is -2.30. The summed E-state index contributed by atoms with van der Waals surface area (Å²) >= 11 is 6.29. The molecule has 1 aliphatic heterocycles. The standard InChI is InChI=1S/C15H20ClNO2/c1-2-11-4-3-5-14(16)13(11)10-17-8-6-12(7-9-17)15(18)19/h3-5,12H,2,6-10H2,1H3,(H,18,19). The second-order valence-electron chi connectivity index (χ2n) is 5.12. The highest BCUT2D eigenvalue weighted by molar-refractivity contribution is 6.31. The van der Waals surface area contributed by atoms with Crippen molar-refractivity contribution in [3.05, 3.63) is 34.3 Å². The molecule has 1 aromatic carbocycles. The third-order valence-corrected chi connectivity index (χ3v) is 4.27. The number of carbonyl (C=O) groups is 1. The summed E-state index contributed by atoms with van der Waals surface area (Å²) in [6.45, 7) is 4.64. The van der Waals surface area contributed by atoms with Gasteiger partial charge in [-0.1, -0.05) is 30.7 Å². The van der Waals surface area contributed by atoms with E-state index < -0.39 is 5.97 Å². The molecule has 104 valence electrons. The first-order chi connectivity index (χ1) is 9.11. The second kappa shape index (κ2) is 6.40. The minimum atomic E-state index is -0.661. The average Bonchev–Trinajstić information content (AvgIpc) is 2.41. The van der Waals surface area contributed by atoms with Crippen LogP contribution in [0.2, 0.25) is 5.02 Å². The lowest BCUT2D eigenvalue weighted by Crippen LogP contribution is -2.36. The van der Waals surface area contributed by atoms with E-state index in [0.717, 1.165) is 43.9 Å². The molecule has 0 aliphatic carbocycles. The summed E-state index contributed by atoms with van der Waals surface area (Å²) < 4.78 is 0. The number of rotatable bonds is 4. The van der Waals surface area contributed by atoms with Crippen LogP contribution in [0.3, 0.4) is 0 Å². The van der Waals surface area contributed by atoms with E-state index >= 15 is 0 Å². The Kier molecular flexibility index (Phi) is 4.83. The molecule has 1 heterocycles. The van der Waals surface area contributed by atoms with E-state index in [1.807, 2.05) is 12.1 Å². The quantitative estimate of drug-likeness (QED) is 0.921. The van der Waals surface area contributed by atoms with Crippen LogP contribution < -0.4 is 0 Å². The van der Waals surface area contributed by atoms with Crippen molar-refractivity contribution >= 4 is 17.6 Å². The van der Waals surface area contributed by atoms with Gasteiger partial charge in [0, 0.05) is 11.6 Å². The molecule has 1 saturated heterocycles. The number of piperidine rings is 1. The van der Waals surface area contributed by atoms with E-state index in [1.54, 1.807) is 0 Å². The fourth-order valence-corrected chi connectivity index (χ4v) is 2.93. The first-order valence-corrected chi connectivity index (χ1v) is 7.21. The van der Waals surface area contributed by atoms with Crippen LogP contribution in [-0.2, 0) is 17.8 Å². The molecule has 0 atom stereocenters. The first kappa shape index (κ1) is 14.4. The zero-order valence-corrected chi connectivity index (χ0v) is 12.0. The third-order valence-electron chi connectivity index (χ3n) is 3.92. The maximum atomic E-state index is 10.9. The molecule has 1 fully saturated rings. The van der Waals surface area contributed by atoms with Crippen molar-refractivity contribution in [1.29, 1.82) is 0 Å². The van der Waals surface area contributed by atoms with Crippen LogP contribution >= 0.6 is 11.6 Å². The van der Waals surface area contributed by atoms with Crippen molar-refractivity contribution in [1.82, 2.24) is 4.90 Å². The molecule has 19 heavy (non-hydrogen) atoms. The number of carboxylic acid groups (broad SMARTS) is 1. The Morgan fingerprint density at radius 3 is 2.68 bits per heavy atom. The van der Waals surface area contributed by atoms with Gasteiger partial charge >= 0.3 is 5.97 Å². The number of hydrogen-bond donors (Lipinski definition) is 1. The maximum Gasteiger partial charge on any atom is 0.306 e. The third kappa shape index (κ3) is 3.48. The average molecular weight is 282 g/mol. The van der Waals surface area contributed by atoms with Crippen LogP contribution in [0, 0.1) is 5.92 Å². The number of aliphatic carboxylic acids is 1. The summed E-state index contributed by atoms with van der Waals surface area (Å²) in [4.78, 5) is 13.2. The molecule has 1 aromatic rings. The minimum absolute atomic E-state index is 0.173. The van der Waals surface area contributed by atoms with E-state index in [9.17, 15) is 4.79 Å². The molecule has 1 N–H and O–H groups in total. The predicted octanol–water partition coefficient (Wildman–Crippen LogP) is 3.20. The highest BCUT2D eigenvalue weighted by Crippen LogP contribution is 2.25. The molecular formula is C15H20ClNO2. The maximum absolute atomic E-state index is 10.9. The Balaban J connectivity index is 2.01. The van der Waals surface area contributed by atoms with Crippen molar-refractivity contribution in [3.63, 3.8) is 0 Å². The number of benzene rings is 1. The van der Waals surface area contributed by atoms with Crippen molar-refractivity contribution < 1.29 is 9.90 Å². The summed E-state index contributed by atoms with van der Waals surface area (Å²) in [5.74, 6) is -0.834. The molecule has 0 aromatic heterocycles. The van der Waals surface area contributed by atoms with E-state index in [2.05, 4.69) is 17.9 Å². The van der Waals surface area contributed by atoms with Crippen LogP contribution in [0.15, 0.2) is 18.2 Å². The summed E-state index contributed by atoms with van der Waals surface area (Å²) in [7, 11) is 0. The van der Waals surface area contributed by atoms with Crippen LogP contribution in [0.5, 0.6) is 0 Å². The Morgan fingerprint density at radius 2 is 2.11 bits per heavy atom. The van der Waals surface area contributed by atoms with E-state index in [0.29, 0.717) is 0 Å². The number of carboxylic acids is 1. The molecule has 0 unspecified atom stereocenters. The van der Waals surface area contributed by atoms with Crippen molar-refractivity contribution in [2.75, 3.05) is 13.1 Å². The van der Waals surface area contributed by atoms with Gasteiger partial charge in [-0.3, -0.25) is 9.69 Å². The zero-order chi connectivity index (χ0) is 13.8. The van der Waals surface area contributed by atoms with Gasteiger partial charge in [0.25, 0.3) is 0 Å². The molecule has 4 heteroatoms. The van der Waals surface area contributed by atoms with Crippen LogP contribution in [0.25, 0.3) is 0 Å². The molecule has 0 spiro atoms. The molecular weight excluding hydrogens is 262 g/mol. The largest absolute Gasteiger partial charge is 0.481 e. The van der Waals surface area contributed by atoms with E-state index in [4.69, 9.17) is 16.7 Å². The van der Waals surface area contributed by atoms with Gasteiger partial charge in [0.1, 0.15) is 0 Å². The van der Waals surface area contributed by atoms with Gasteiger partial charge < -0.3 is 5.11 Å². The molecule has 0 saturated carbocycles. The van der Waals surface area contributed by atoms with Gasteiger partial charge in [0.15, 0.2) is 0 Å². The first-order valence-electron chi connectivity index (χ1n) is 6.83. The lowest BCUT2D eigenvalue weighted by atomic mass is 9.96. The fraction of sp³-hybridized carbons (Fsp3) is 0.533. The SMILES string of the molecule is CCc1cccc(Cl)c1CN1CCC(C(=O)O)CC1. The minimum Gasteiger partial charge on any atom is -0.481 e. The molecule has 1 aliphatic rings. The van der Waals surface area contributed by atoms with E-state index in [-0.39, 0.29) is 5.92 Å². The van der Waals surface area contributed by atoms with Crippen molar-refractivity contribution in [3.8, 4) is 0 Å². The summed E-state index contributed by atoms with van der Waals surface area (Å²) in [6, 6.07) is 6.03. The fourth-order valence-electron chi connectivity index (χ4n) is 2.67. The monoisotopic (exact) mass is 281 g/mol. The Labute approximate surface area is 119 Å². The normalized spacial score (nSPS) is 17.6. The van der Waals surface area contributed by atoms with Gasteiger partial charge in [-0.15, -0.1) is 0 Å². The molecule has 0 bridgehead atoms. The topological polar surface area (TPSA) is 40.5 Å². The number of nitrogens with zero attached hydrogens (tertiary/aromatic N) is 1. The summed E-state index contributed by atoms with van der Waals surface area (Å²) in [5, 5.41) is 9.82. The second-order valence-corrected chi connectivity index (χ2v) is 5.53. The number of aryl methyl sites for hydroxylation is 1. The highest BCUT2D eigenvalue weighted by Gasteiger charge is 2.24. The van der Waals surface area contributed by atoms with Crippen LogP contribution in [0.1, 0.15) is 30.9 Å². The highest BCUT2D eigenvalue weighted by atomic mass is 35.5. The van der Waals surface area contributed by atoms with Gasteiger partial charge in [0.2, 0.25) is 0 Å². The molecule has 0 radical (unpaired) electrons. The summed E-state index contributed by atoms with van der Waals surface area (Å²) in [5.41, 5.74) is 2.48. The Morgan fingerprint density at radius 1 is 1.42 bits per heavy atom.